The zero-order valence-corrected chi connectivity index (χ0v) is 17.2. The summed E-state index contributed by atoms with van der Waals surface area (Å²) in [7, 11) is -3.56. The van der Waals surface area contributed by atoms with Crippen molar-refractivity contribution in [1.29, 1.82) is 0 Å². The lowest BCUT2D eigenvalue weighted by Crippen LogP contribution is -2.27. The van der Waals surface area contributed by atoms with Gasteiger partial charge in [-0.1, -0.05) is 26.0 Å². The maximum Gasteiger partial charge on any atom is 0.573 e. The largest absolute Gasteiger partial charge is 0.573 e. The van der Waals surface area contributed by atoms with Crippen molar-refractivity contribution in [3.05, 3.63) is 54.1 Å². The number of anilines is 1. The van der Waals surface area contributed by atoms with Crippen molar-refractivity contribution < 1.29 is 26.3 Å². The quantitative estimate of drug-likeness (QED) is 0.427. The summed E-state index contributed by atoms with van der Waals surface area (Å²) in [5.41, 5.74) is 6.95. The van der Waals surface area contributed by atoms with Gasteiger partial charge in [-0.25, -0.2) is 18.1 Å². The highest BCUT2D eigenvalue weighted by molar-refractivity contribution is 7.89. The normalized spacial score (nSPS) is 12.8. The van der Waals surface area contributed by atoms with Crippen LogP contribution in [0.25, 0.3) is 0 Å². The first-order valence-corrected chi connectivity index (χ1v) is 10.4. The molecule has 0 radical (unpaired) electrons. The van der Waals surface area contributed by atoms with Gasteiger partial charge in [0.15, 0.2) is 5.96 Å². The zero-order valence-electron chi connectivity index (χ0n) is 16.4. The standard InChI is InChI=1S/C19H23F3N4O3S/c1-13(2)11-25-30(27,28)17-9-3-14(4-10-17)12-24-18(23)26-15-5-7-16(8-6-15)29-19(20,21)22/h3-10,13,25H,11-12H2,1-2H3,(H3,23,24,26). The molecule has 30 heavy (non-hydrogen) atoms. The lowest BCUT2D eigenvalue weighted by atomic mass is 10.2. The van der Waals surface area contributed by atoms with Gasteiger partial charge in [-0.15, -0.1) is 13.2 Å². The molecule has 2 rings (SSSR count). The van der Waals surface area contributed by atoms with E-state index in [1.54, 1.807) is 12.1 Å². The van der Waals surface area contributed by atoms with Crippen LogP contribution >= 0.6 is 0 Å². The molecule has 0 bridgehead atoms. The van der Waals surface area contributed by atoms with Gasteiger partial charge in [0.05, 0.1) is 11.4 Å². The molecule has 0 amide bonds. The number of nitrogens with one attached hydrogen (secondary N) is 2. The lowest BCUT2D eigenvalue weighted by molar-refractivity contribution is -0.274. The van der Waals surface area contributed by atoms with Gasteiger partial charge >= 0.3 is 6.36 Å². The fourth-order valence-corrected chi connectivity index (χ4v) is 3.45. The Hall–Kier alpha value is -2.79. The number of sulfonamides is 1. The zero-order chi connectivity index (χ0) is 22.4. The number of aliphatic imine (C=N–C) groups is 1. The van der Waals surface area contributed by atoms with Crippen LogP contribution in [-0.4, -0.2) is 27.3 Å². The average Bonchev–Trinajstić information content (AvgIpc) is 2.66. The van der Waals surface area contributed by atoms with E-state index in [0.717, 1.165) is 17.7 Å². The monoisotopic (exact) mass is 444 g/mol. The summed E-state index contributed by atoms with van der Waals surface area (Å²) in [5.74, 6) is -0.103. The smallest absolute Gasteiger partial charge is 0.406 e. The molecule has 0 saturated heterocycles. The number of alkyl halides is 3. The van der Waals surface area contributed by atoms with Crippen LogP contribution < -0.4 is 20.5 Å². The molecule has 0 aliphatic rings. The number of nitrogens with two attached hydrogens (primary N) is 1. The molecule has 0 saturated carbocycles. The van der Waals surface area contributed by atoms with E-state index in [2.05, 4.69) is 19.8 Å². The molecule has 4 N–H and O–H groups in total. The van der Waals surface area contributed by atoms with E-state index < -0.39 is 16.4 Å². The lowest BCUT2D eigenvalue weighted by Gasteiger charge is -2.10. The molecule has 164 valence electrons. The molecule has 0 aliphatic heterocycles. The molecular weight excluding hydrogens is 421 g/mol. The van der Waals surface area contributed by atoms with E-state index >= 15 is 0 Å². The van der Waals surface area contributed by atoms with Gasteiger partial charge < -0.3 is 15.8 Å². The number of hydrogen-bond donors (Lipinski definition) is 3. The summed E-state index contributed by atoms with van der Waals surface area (Å²) in [6.45, 7) is 4.35. The van der Waals surface area contributed by atoms with E-state index in [-0.39, 0.29) is 29.1 Å². The van der Waals surface area contributed by atoms with Crippen LogP contribution in [0.15, 0.2) is 58.4 Å². The Labute approximate surface area is 173 Å². The molecule has 2 aromatic rings. The van der Waals surface area contributed by atoms with Gasteiger partial charge in [-0.3, -0.25) is 0 Å². The second-order valence-electron chi connectivity index (χ2n) is 6.79. The van der Waals surface area contributed by atoms with Crippen LogP contribution in [0, 0.1) is 5.92 Å². The SMILES string of the molecule is CC(C)CNS(=O)(=O)c1ccc(CN=C(N)Nc2ccc(OC(F)(F)F)cc2)cc1. The second-order valence-corrected chi connectivity index (χ2v) is 8.56. The van der Waals surface area contributed by atoms with E-state index in [1.165, 1.54) is 24.3 Å². The maximum atomic E-state index is 12.2. The Balaban J connectivity index is 1.94. The predicted molar refractivity (Wildman–Crippen MR) is 109 cm³/mol. The number of nitrogens with zero attached hydrogens (tertiary/aromatic N) is 1. The molecule has 11 heteroatoms. The number of benzene rings is 2. The van der Waals surface area contributed by atoms with Gasteiger partial charge in [-0.05, 0) is 47.9 Å². The van der Waals surface area contributed by atoms with E-state index in [1.807, 2.05) is 13.8 Å². The molecule has 0 atom stereocenters. The molecule has 0 aliphatic carbocycles. The Kier molecular flexibility index (Phi) is 7.68. The van der Waals surface area contributed by atoms with Gasteiger partial charge in [0.2, 0.25) is 10.0 Å². The van der Waals surface area contributed by atoms with Crippen LogP contribution in [0.4, 0.5) is 18.9 Å². The summed E-state index contributed by atoms with van der Waals surface area (Å²) < 4.78 is 67.2. The van der Waals surface area contributed by atoms with Crippen molar-refractivity contribution in [1.82, 2.24) is 4.72 Å². The number of ether oxygens (including phenoxy) is 1. The minimum atomic E-state index is -4.76. The summed E-state index contributed by atoms with van der Waals surface area (Å²) in [5, 5.41) is 2.75. The molecule has 0 unspecified atom stereocenters. The first-order valence-electron chi connectivity index (χ1n) is 8.96. The number of hydrogen-bond acceptors (Lipinski definition) is 4. The molecule has 0 aromatic heterocycles. The van der Waals surface area contributed by atoms with E-state index in [0.29, 0.717) is 12.2 Å². The van der Waals surface area contributed by atoms with Crippen molar-refractivity contribution >= 4 is 21.7 Å². The highest BCUT2D eigenvalue weighted by Crippen LogP contribution is 2.23. The third-order valence-corrected chi connectivity index (χ3v) is 5.15. The number of halogens is 3. The van der Waals surface area contributed by atoms with Gasteiger partial charge in [0, 0.05) is 12.2 Å². The van der Waals surface area contributed by atoms with Crippen molar-refractivity contribution in [3.8, 4) is 5.75 Å². The predicted octanol–water partition coefficient (Wildman–Crippen LogP) is 3.45. The highest BCUT2D eigenvalue weighted by Gasteiger charge is 2.30. The first-order chi connectivity index (χ1) is 13.9. The van der Waals surface area contributed by atoms with Crippen molar-refractivity contribution in [3.63, 3.8) is 0 Å². The third-order valence-electron chi connectivity index (χ3n) is 3.71. The topological polar surface area (TPSA) is 106 Å². The first kappa shape index (κ1) is 23.5. The fourth-order valence-electron chi connectivity index (χ4n) is 2.24. The third kappa shape index (κ3) is 7.91. The van der Waals surface area contributed by atoms with Crippen LogP contribution in [0.3, 0.4) is 0 Å². The molecule has 7 nitrogen and oxygen atoms in total. The summed E-state index contributed by atoms with van der Waals surface area (Å²) in [6, 6.07) is 11.3. The van der Waals surface area contributed by atoms with Gasteiger partial charge in [0.25, 0.3) is 0 Å². The van der Waals surface area contributed by atoms with E-state index in [4.69, 9.17) is 5.73 Å². The van der Waals surface area contributed by atoms with Crippen LogP contribution in [0.5, 0.6) is 5.75 Å². The Bertz CT molecular complexity index is 958. The minimum Gasteiger partial charge on any atom is -0.406 e. The van der Waals surface area contributed by atoms with Crippen molar-refractivity contribution in [2.45, 2.75) is 31.7 Å². The van der Waals surface area contributed by atoms with Gasteiger partial charge in [-0.2, -0.15) is 0 Å². The average molecular weight is 444 g/mol. The second kappa shape index (κ2) is 9.81. The molecule has 0 spiro atoms. The van der Waals surface area contributed by atoms with E-state index in [9.17, 15) is 21.6 Å². The maximum absolute atomic E-state index is 12.2. The van der Waals surface area contributed by atoms with Crippen LogP contribution in [0.2, 0.25) is 0 Å². The minimum absolute atomic E-state index is 0.0507. The Morgan fingerprint density at radius 2 is 1.70 bits per heavy atom. The number of guanidine groups is 1. The van der Waals surface area contributed by atoms with Gasteiger partial charge in [0.1, 0.15) is 5.75 Å². The van der Waals surface area contributed by atoms with Crippen molar-refractivity contribution in [2.75, 3.05) is 11.9 Å². The van der Waals surface area contributed by atoms with Crippen molar-refractivity contribution in [2.24, 2.45) is 16.6 Å². The van der Waals surface area contributed by atoms with Crippen LogP contribution in [0.1, 0.15) is 19.4 Å². The molecule has 0 heterocycles. The summed E-state index contributed by atoms with van der Waals surface area (Å²) in [6.07, 6.45) is -4.76. The highest BCUT2D eigenvalue weighted by atomic mass is 32.2. The number of rotatable bonds is 8. The molecule has 0 fully saturated rings. The summed E-state index contributed by atoms with van der Waals surface area (Å²) in [4.78, 5) is 4.29. The Morgan fingerprint density at radius 3 is 2.23 bits per heavy atom. The van der Waals surface area contributed by atoms with Crippen LogP contribution in [-0.2, 0) is 16.6 Å². The summed E-state index contributed by atoms with van der Waals surface area (Å²) >= 11 is 0. The molecular formula is C19H23F3N4O3S. The fraction of sp³-hybridized carbons (Fsp3) is 0.316. The Morgan fingerprint density at radius 1 is 1.10 bits per heavy atom. The molecule has 2 aromatic carbocycles.